The molecule has 0 aromatic heterocycles. The lowest BCUT2D eigenvalue weighted by atomic mass is 9.80. The Morgan fingerprint density at radius 3 is 2.33 bits per heavy atom. The van der Waals surface area contributed by atoms with E-state index < -0.39 is 0 Å². The van der Waals surface area contributed by atoms with Crippen molar-refractivity contribution in [1.29, 1.82) is 0 Å². The second-order valence-corrected chi connectivity index (χ2v) is 5.16. The molecule has 84 valence electrons. The van der Waals surface area contributed by atoms with Crippen LogP contribution in [0.4, 0.5) is 0 Å². The summed E-state index contributed by atoms with van der Waals surface area (Å²) in [5.74, 6) is 1.89. The number of Topliss-reactive ketones (excluding diaryl/α,β-unsaturated/α-hetero) is 1. The monoisotopic (exact) mass is 206 g/mol. The number of hydrogen-bond donors (Lipinski definition) is 0. The van der Waals surface area contributed by atoms with Crippen molar-refractivity contribution in [2.45, 2.75) is 41.0 Å². The molecule has 0 aromatic rings. The van der Waals surface area contributed by atoms with Gasteiger partial charge in [0.2, 0.25) is 0 Å². The average Bonchev–Trinajstić information content (AvgIpc) is 2.16. The van der Waals surface area contributed by atoms with Gasteiger partial charge in [-0.3, -0.25) is 4.79 Å². The highest BCUT2D eigenvalue weighted by Gasteiger charge is 2.21. The van der Waals surface area contributed by atoms with Gasteiger partial charge in [-0.15, -0.1) is 0 Å². The van der Waals surface area contributed by atoms with Gasteiger partial charge in [0.1, 0.15) is 0 Å². The Morgan fingerprint density at radius 2 is 1.93 bits per heavy atom. The van der Waals surface area contributed by atoms with E-state index >= 15 is 0 Å². The predicted octanol–water partition coefficient (Wildman–Crippen LogP) is 3.76. The van der Waals surface area contributed by atoms with Crippen molar-refractivity contribution in [2.75, 3.05) is 0 Å². The maximum Gasteiger partial charge on any atom is 0.155 e. The third-order valence-corrected chi connectivity index (χ3v) is 3.18. The van der Waals surface area contributed by atoms with Gasteiger partial charge in [0, 0.05) is 0 Å². The number of carbonyl (C=O) groups is 1. The Morgan fingerprint density at radius 1 is 1.33 bits per heavy atom. The van der Waals surface area contributed by atoms with Crippen molar-refractivity contribution in [3.63, 3.8) is 0 Å². The Kier molecular flexibility index (Phi) is 3.90. The number of allylic oxidation sites excluding steroid dienone is 4. The second kappa shape index (κ2) is 4.78. The van der Waals surface area contributed by atoms with E-state index in [2.05, 4.69) is 39.8 Å². The molecule has 0 radical (unpaired) electrons. The van der Waals surface area contributed by atoms with Crippen LogP contribution in [-0.4, -0.2) is 5.78 Å². The van der Waals surface area contributed by atoms with Crippen LogP contribution in [0.2, 0.25) is 0 Å². The normalized spacial score (nSPS) is 21.7. The van der Waals surface area contributed by atoms with Gasteiger partial charge in [0.05, 0.1) is 0 Å². The minimum absolute atomic E-state index is 0.229. The van der Waals surface area contributed by atoms with Gasteiger partial charge in [0.15, 0.2) is 5.78 Å². The number of carbonyl (C=O) groups excluding carboxylic acids is 1. The van der Waals surface area contributed by atoms with Crippen LogP contribution in [0.15, 0.2) is 23.3 Å². The molecule has 0 fully saturated rings. The summed E-state index contributed by atoms with van der Waals surface area (Å²) in [5.41, 5.74) is 2.32. The van der Waals surface area contributed by atoms with Gasteiger partial charge in [-0.05, 0) is 42.2 Å². The van der Waals surface area contributed by atoms with Crippen LogP contribution in [0, 0.1) is 17.8 Å². The smallest absolute Gasteiger partial charge is 0.155 e. The first-order valence-corrected chi connectivity index (χ1v) is 5.85. The van der Waals surface area contributed by atoms with Crippen molar-refractivity contribution in [3.8, 4) is 0 Å². The first-order valence-electron chi connectivity index (χ1n) is 5.85. The van der Waals surface area contributed by atoms with Crippen molar-refractivity contribution in [2.24, 2.45) is 17.8 Å². The van der Waals surface area contributed by atoms with E-state index in [0.29, 0.717) is 17.8 Å². The molecule has 0 bridgehead atoms. The van der Waals surface area contributed by atoms with Crippen LogP contribution in [-0.2, 0) is 4.79 Å². The fourth-order valence-electron chi connectivity index (χ4n) is 1.90. The second-order valence-electron chi connectivity index (χ2n) is 5.16. The number of rotatable bonds is 3. The Labute approximate surface area is 93.3 Å². The van der Waals surface area contributed by atoms with Crippen LogP contribution in [0.25, 0.3) is 0 Å². The van der Waals surface area contributed by atoms with E-state index in [-0.39, 0.29) is 5.78 Å². The summed E-state index contributed by atoms with van der Waals surface area (Å²) >= 11 is 0. The van der Waals surface area contributed by atoms with Gasteiger partial charge in [-0.1, -0.05) is 39.8 Å². The molecular formula is C14H22O. The lowest BCUT2D eigenvalue weighted by Gasteiger charge is -2.25. The van der Waals surface area contributed by atoms with Gasteiger partial charge in [-0.2, -0.15) is 0 Å². The molecule has 1 aliphatic rings. The maximum absolute atomic E-state index is 11.4. The van der Waals surface area contributed by atoms with Crippen molar-refractivity contribution >= 4 is 5.78 Å². The van der Waals surface area contributed by atoms with Crippen LogP contribution in [0.1, 0.15) is 41.0 Å². The van der Waals surface area contributed by atoms with Gasteiger partial charge < -0.3 is 0 Å². The zero-order valence-electron chi connectivity index (χ0n) is 10.5. The highest BCUT2D eigenvalue weighted by Crippen LogP contribution is 2.31. The Balaban J connectivity index is 2.97. The highest BCUT2D eigenvalue weighted by molar-refractivity contribution is 5.94. The fraction of sp³-hybridized carbons (Fsp3) is 0.643. The van der Waals surface area contributed by atoms with Crippen molar-refractivity contribution in [1.82, 2.24) is 0 Å². The first kappa shape index (κ1) is 12.2. The molecule has 0 amide bonds. The fourth-order valence-corrected chi connectivity index (χ4v) is 1.90. The summed E-state index contributed by atoms with van der Waals surface area (Å²) in [6.45, 7) is 10.5. The van der Waals surface area contributed by atoms with E-state index in [0.717, 1.165) is 12.0 Å². The summed E-state index contributed by atoms with van der Waals surface area (Å²) in [7, 11) is 0. The average molecular weight is 206 g/mol. The summed E-state index contributed by atoms with van der Waals surface area (Å²) in [6, 6.07) is 0. The maximum atomic E-state index is 11.4. The summed E-state index contributed by atoms with van der Waals surface area (Å²) in [4.78, 5) is 11.4. The van der Waals surface area contributed by atoms with Gasteiger partial charge in [-0.25, -0.2) is 0 Å². The topological polar surface area (TPSA) is 17.1 Å². The van der Waals surface area contributed by atoms with Crippen molar-refractivity contribution in [3.05, 3.63) is 23.3 Å². The van der Waals surface area contributed by atoms with Crippen LogP contribution in [0.3, 0.4) is 0 Å². The van der Waals surface area contributed by atoms with Crippen LogP contribution >= 0.6 is 0 Å². The molecule has 1 aliphatic carbocycles. The third-order valence-electron chi connectivity index (χ3n) is 3.18. The summed E-state index contributed by atoms with van der Waals surface area (Å²) in [6.07, 6.45) is 5.36. The molecule has 0 heterocycles. The number of hydrogen-bond acceptors (Lipinski definition) is 1. The molecule has 1 heteroatoms. The molecule has 0 N–H and O–H groups in total. The minimum Gasteiger partial charge on any atom is -0.295 e. The molecule has 0 saturated heterocycles. The molecule has 1 rings (SSSR count). The molecule has 1 nitrogen and oxygen atoms in total. The van der Waals surface area contributed by atoms with Gasteiger partial charge in [0.25, 0.3) is 0 Å². The molecule has 1 unspecified atom stereocenters. The molecular weight excluding hydrogens is 184 g/mol. The minimum atomic E-state index is 0.229. The van der Waals surface area contributed by atoms with E-state index in [1.165, 1.54) is 5.57 Å². The number of ketones is 1. The highest BCUT2D eigenvalue weighted by atomic mass is 16.1. The SMILES string of the molecule is CC(=O)C1=CC(C(C)C)=CC(C(C)C)C1. The molecule has 15 heavy (non-hydrogen) atoms. The Bertz CT molecular complexity index is 305. The van der Waals surface area contributed by atoms with Gasteiger partial charge >= 0.3 is 0 Å². The van der Waals surface area contributed by atoms with Crippen molar-refractivity contribution < 1.29 is 4.79 Å². The lowest BCUT2D eigenvalue weighted by molar-refractivity contribution is -0.113. The molecule has 1 atom stereocenters. The molecule has 0 aromatic carbocycles. The van der Waals surface area contributed by atoms with Crippen LogP contribution in [0.5, 0.6) is 0 Å². The standard InChI is InChI=1S/C14H22O/c1-9(2)12-6-13(10(3)4)8-14(7-12)11(5)15/h6-7,9-10,13H,8H2,1-5H3. The quantitative estimate of drug-likeness (QED) is 0.687. The third kappa shape index (κ3) is 3.05. The molecule has 0 aliphatic heterocycles. The Hall–Kier alpha value is -0.850. The van der Waals surface area contributed by atoms with E-state index in [4.69, 9.17) is 0 Å². The summed E-state index contributed by atoms with van der Waals surface area (Å²) in [5, 5.41) is 0. The van der Waals surface area contributed by atoms with E-state index in [9.17, 15) is 4.79 Å². The molecule has 0 saturated carbocycles. The zero-order valence-corrected chi connectivity index (χ0v) is 10.5. The zero-order chi connectivity index (χ0) is 11.6. The lowest BCUT2D eigenvalue weighted by Crippen LogP contribution is -2.16. The van der Waals surface area contributed by atoms with E-state index in [1.807, 2.05) is 0 Å². The largest absolute Gasteiger partial charge is 0.295 e. The first-order chi connectivity index (χ1) is 6.91. The predicted molar refractivity (Wildman–Crippen MR) is 64.6 cm³/mol. The summed E-state index contributed by atoms with van der Waals surface area (Å²) < 4.78 is 0. The van der Waals surface area contributed by atoms with Crippen LogP contribution < -0.4 is 0 Å². The molecule has 0 spiro atoms. The van der Waals surface area contributed by atoms with E-state index in [1.54, 1.807) is 6.92 Å².